The summed E-state index contributed by atoms with van der Waals surface area (Å²) in [5.41, 5.74) is 14.6. The van der Waals surface area contributed by atoms with Crippen molar-refractivity contribution in [3.8, 4) is 22.3 Å². The summed E-state index contributed by atoms with van der Waals surface area (Å²) >= 11 is 0. The lowest BCUT2D eigenvalue weighted by atomic mass is 9.70. The highest BCUT2D eigenvalue weighted by Gasteiger charge is 2.42. The standard InChI is InChI=1S/C51H69N/c1-7-11-14-16-18-20-31-51(32-21-19-17-15-12-8-2)47-34-39(6)23-27-43(47)44-28-25-42(36-48(44)51)41-26-30-50-46(35-41)45-33-38(5)24-29-49(45)52(50)37-40(10-4)22-13-9-3/h23-30,33-36,40H,7-22,31-32,37H2,1-6H3. The Hall–Kier alpha value is -3.32. The molecule has 1 heteroatoms. The normalized spacial score (nSPS) is 14.0. The fourth-order valence-corrected chi connectivity index (χ4v) is 9.64. The number of hydrogen-bond acceptors (Lipinski definition) is 0. The maximum atomic E-state index is 2.64. The van der Waals surface area contributed by atoms with Gasteiger partial charge in [0.1, 0.15) is 0 Å². The first-order valence-corrected chi connectivity index (χ1v) is 21.7. The zero-order valence-electron chi connectivity index (χ0n) is 33.9. The van der Waals surface area contributed by atoms with Crippen molar-refractivity contribution in [2.24, 2.45) is 5.92 Å². The van der Waals surface area contributed by atoms with E-state index in [0.717, 1.165) is 6.54 Å². The third-order valence-electron chi connectivity index (χ3n) is 12.8. The highest BCUT2D eigenvalue weighted by atomic mass is 15.0. The van der Waals surface area contributed by atoms with E-state index in [-0.39, 0.29) is 5.41 Å². The fraction of sp³-hybridized carbons (Fsp3) is 0.529. The molecule has 0 N–H and O–H groups in total. The van der Waals surface area contributed by atoms with E-state index < -0.39 is 0 Å². The molecule has 6 rings (SSSR count). The Morgan fingerprint density at radius 1 is 0.500 bits per heavy atom. The molecule has 0 saturated carbocycles. The van der Waals surface area contributed by atoms with Crippen molar-refractivity contribution in [3.05, 3.63) is 95.1 Å². The maximum Gasteiger partial charge on any atom is 0.0491 e. The summed E-state index contributed by atoms with van der Waals surface area (Å²) in [6.07, 6.45) is 23.9. The third-order valence-corrected chi connectivity index (χ3v) is 12.8. The van der Waals surface area contributed by atoms with Crippen LogP contribution in [-0.4, -0.2) is 4.57 Å². The summed E-state index contributed by atoms with van der Waals surface area (Å²) < 4.78 is 2.64. The number of nitrogens with zero attached hydrogens (tertiary/aromatic N) is 1. The average molecular weight is 696 g/mol. The van der Waals surface area contributed by atoms with Gasteiger partial charge in [0.25, 0.3) is 0 Å². The largest absolute Gasteiger partial charge is 0.340 e. The summed E-state index contributed by atoms with van der Waals surface area (Å²) in [5.74, 6) is 0.716. The van der Waals surface area contributed by atoms with Gasteiger partial charge in [-0.3, -0.25) is 0 Å². The van der Waals surface area contributed by atoms with Gasteiger partial charge in [0.15, 0.2) is 0 Å². The van der Waals surface area contributed by atoms with Crippen molar-refractivity contribution >= 4 is 21.8 Å². The van der Waals surface area contributed by atoms with Gasteiger partial charge in [-0.1, -0.05) is 178 Å². The Kier molecular flexibility index (Phi) is 13.4. The van der Waals surface area contributed by atoms with E-state index in [4.69, 9.17) is 0 Å². The lowest BCUT2D eigenvalue weighted by Crippen LogP contribution is -2.25. The summed E-state index contributed by atoms with van der Waals surface area (Å²) in [5, 5.41) is 2.82. The summed E-state index contributed by atoms with van der Waals surface area (Å²) in [6.45, 7) is 15.0. The molecule has 4 aromatic carbocycles. The Bertz CT molecular complexity index is 1890. The second-order valence-electron chi connectivity index (χ2n) is 16.7. The molecule has 0 amide bonds. The molecule has 1 aliphatic carbocycles. The molecule has 52 heavy (non-hydrogen) atoms. The minimum atomic E-state index is 0.104. The van der Waals surface area contributed by atoms with E-state index in [2.05, 4.69) is 119 Å². The molecule has 0 fully saturated rings. The number of rotatable bonds is 21. The van der Waals surface area contributed by atoms with Gasteiger partial charge in [0, 0.05) is 33.8 Å². The zero-order valence-corrected chi connectivity index (χ0v) is 33.9. The zero-order chi connectivity index (χ0) is 36.5. The topological polar surface area (TPSA) is 4.93 Å². The molecule has 0 radical (unpaired) electrons. The van der Waals surface area contributed by atoms with Crippen molar-refractivity contribution < 1.29 is 0 Å². The van der Waals surface area contributed by atoms with E-state index in [1.165, 1.54) is 171 Å². The molecule has 1 aliphatic rings. The Morgan fingerprint density at radius 3 is 1.65 bits per heavy atom. The van der Waals surface area contributed by atoms with Gasteiger partial charge in [0.05, 0.1) is 0 Å². The van der Waals surface area contributed by atoms with Crippen LogP contribution in [0.4, 0.5) is 0 Å². The monoisotopic (exact) mass is 696 g/mol. The van der Waals surface area contributed by atoms with Crippen molar-refractivity contribution in [2.75, 3.05) is 0 Å². The second-order valence-corrected chi connectivity index (χ2v) is 16.7. The smallest absolute Gasteiger partial charge is 0.0491 e. The second kappa shape index (κ2) is 18.1. The van der Waals surface area contributed by atoms with E-state index >= 15 is 0 Å². The van der Waals surface area contributed by atoms with Gasteiger partial charge in [-0.05, 0) is 103 Å². The first-order valence-electron chi connectivity index (χ1n) is 21.7. The average Bonchev–Trinajstić information content (AvgIpc) is 3.60. The molecule has 1 unspecified atom stereocenters. The van der Waals surface area contributed by atoms with Gasteiger partial charge in [-0.15, -0.1) is 0 Å². The molecule has 5 aromatic rings. The van der Waals surface area contributed by atoms with E-state index in [0.29, 0.717) is 5.92 Å². The molecule has 278 valence electrons. The maximum absolute atomic E-state index is 2.64. The molecule has 0 aliphatic heterocycles. The van der Waals surface area contributed by atoms with E-state index in [1.807, 2.05) is 0 Å². The van der Waals surface area contributed by atoms with Crippen LogP contribution in [0.3, 0.4) is 0 Å². The molecule has 0 bridgehead atoms. The first-order chi connectivity index (χ1) is 25.4. The molecule has 1 heterocycles. The van der Waals surface area contributed by atoms with Gasteiger partial charge in [-0.2, -0.15) is 0 Å². The number of benzene rings is 4. The van der Waals surface area contributed by atoms with Crippen molar-refractivity contribution in [1.29, 1.82) is 0 Å². The lowest BCUT2D eigenvalue weighted by molar-refractivity contribution is 0.398. The fourth-order valence-electron chi connectivity index (χ4n) is 9.64. The van der Waals surface area contributed by atoms with Gasteiger partial charge >= 0.3 is 0 Å². The van der Waals surface area contributed by atoms with Gasteiger partial charge < -0.3 is 4.57 Å². The minimum absolute atomic E-state index is 0.104. The van der Waals surface area contributed by atoms with Crippen LogP contribution in [-0.2, 0) is 12.0 Å². The molecule has 1 nitrogen and oxygen atoms in total. The number of aryl methyl sites for hydroxylation is 2. The van der Waals surface area contributed by atoms with Crippen LogP contribution < -0.4 is 0 Å². The van der Waals surface area contributed by atoms with Crippen LogP contribution in [0.1, 0.15) is 166 Å². The van der Waals surface area contributed by atoms with E-state index in [9.17, 15) is 0 Å². The van der Waals surface area contributed by atoms with Gasteiger partial charge in [-0.25, -0.2) is 0 Å². The van der Waals surface area contributed by atoms with E-state index in [1.54, 1.807) is 11.1 Å². The van der Waals surface area contributed by atoms with Crippen LogP contribution in [0.25, 0.3) is 44.1 Å². The SMILES string of the molecule is CCCCCCCCC1(CCCCCCCC)c2cc(C)ccc2-c2ccc(-c3ccc4c(c3)c3cc(C)ccc3n4CC(CC)CCCC)cc21. The molecule has 1 aromatic heterocycles. The predicted octanol–water partition coefficient (Wildman–Crippen LogP) is 16.1. The van der Waals surface area contributed by atoms with Crippen molar-refractivity contribution in [2.45, 2.75) is 169 Å². The van der Waals surface area contributed by atoms with Crippen LogP contribution in [0, 0.1) is 19.8 Å². The number of hydrogen-bond donors (Lipinski definition) is 0. The highest BCUT2D eigenvalue weighted by molar-refractivity contribution is 6.09. The van der Waals surface area contributed by atoms with Crippen molar-refractivity contribution in [1.82, 2.24) is 4.57 Å². The summed E-state index contributed by atoms with van der Waals surface area (Å²) in [4.78, 5) is 0. The molecular formula is C51H69N. The Balaban J connectivity index is 1.41. The Labute approximate surface area is 317 Å². The third kappa shape index (κ3) is 8.25. The number of aromatic nitrogens is 1. The highest BCUT2D eigenvalue weighted by Crippen LogP contribution is 2.55. The Morgan fingerprint density at radius 2 is 1.00 bits per heavy atom. The number of unbranched alkanes of at least 4 members (excludes halogenated alkanes) is 11. The van der Waals surface area contributed by atoms with Crippen LogP contribution >= 0.6 is 0 Å². The van der Waals surface area contributed by atoms with Gasteiger partial charge in [0.2, 0.25) is 0 Å². The molecule has 0 saturated heterocycles. The molecular weight excluding hydrogens is 627 g/mol. The first kappa shape index (κ1) is 38.4. The summed E-state index contributed by atoms with van der Waals surface area (Å²) in [6, 6.07) is 29.4. The van der Waals surface area contributed by atoms with Crippen LogP contribution in [0.2, 0.25) is 0 Å². The predicted molar refractivity (Wildman–Crippen MR) is 230 cm³/mol. The quantitative estimate of drug-likeness (QED) is 0.0674. The molecule has 1 atom stereocenters. The minimum Gasteiger partial charge on any atom is -0.340 e. The summed E-state index contributed by atoms with van der Waals surface area (Å²) in [7, 11) is 0. The lowest BCUT2D eigenvalue weighted by Gasteiger charge is -2.33. The van der Waals surface area contributed by atoms with Crippen LogP contribution in [0.15, 0.2) is 72.8 Å². The number of fused-ring (bicyclic) bond motifs is 6. The molecule has 0 spiro atoms. The van der Waals surface area contributed by atoms with Crippen molar-refractivity contribution in [3.63, 3.8) is 0 Å². The van der Waals surface area contributed by atoms with Crippen LogP contribution in [0.5, 0.6) is 0 Å².